The van der Waals surface area contributed by atoms with E-state index < -0.39 is 12.1 Å². The molecule has 84 valence electrons. The van der Waals surface area contributed by atoms with Gasteiger partial charge in [-0.05, 0) is 13.0 Å². The lowest BCUT2D eigenvalue weighted by molar-refractivity contribution is 0.0689. The van der Waals surface area contributed by atoms with E-state index in [1.165, 1.54) is 17.7 Å². The highest BCUT2D eigenvalue weighted by atomic mass is 19.1. The van der Waals surface area contributed by atoms with E-state index in [-0.39, 0.29) is 12.2 Å². The second-order valence-corrected chi connectivity index (χ2v) is 3.36. The van der Waals surface area contributed by atoms with Gasteiger partial charge in [-0.1, -0.05) is 0 Å². The molecule has 0 radical (unpaired) electrons. The largest absolute Gasteiger partial charge is 0.476 e. The molecule has 0 saturated heterocycles. The molecule has 0 saturated carbocycles. The predicted octanol–water partition coefficient (Wildman–Crippen LogP) is 0.566. The molecule has 1 aromatic rings. The van der Waals surface area contributed by atoms with E-state index in [4.69, 9.17) is 5.11 Å². The first kappa shape index (κ1) is 11.6. The van der Waals surface area contributed by atoms with Gasteiger partial charge in [-0.25, -0.2) is 9.18 Å². The number of aromatic carboxylic acids is 1. The van der Waals surface area contributed by atoms with E-state index in [9.17, 15) is 9.18 Å². The monoisotopic (exact) mass is 215 g/mol. The molecule has 1 heterocycles. The zero-order valence-corrected chi connectivity index (χ0v) is 8.70. The number of hydrogen-bond acceptors (Lipinski definition) is 3. The number of nitrogens with zero attached hydrogens (tertiary/aromatic N) is 2. The first-order chi connectivity index (χ1) is 7.00. The zero-order chi connectivity index (χ0) is 11.4. The van der Waals surface area contributed by atoms with Crippen molar-refractivity contribution in [2.24, 2.45) is 7.05 Å². The fraction of sp³-hybridized carbons (Fsp3) is 0.556. The van der Waals surface area contributed by atoms with Gasteiger partial charge < -0.3 is 10.4 Å². The minimum Gasteiger partial charge on any atom is -0.476 e. The highest BCUT2D eigenvalue weighted by Gasteiger charge is 2.10. The Morgan fingerprint density at radius 1 is 1.80 bits per heavy atom. The minimum atomic E-state index is -1.06. The average molecular weight is 215 g/mol. The van der Waals surface area contributed by atoms with Crippen LogP contribution in [0.15, 0.2) is 6.07 Å². The molecule has 2 N–H and O–H groups in total. The van der Waals surface area contributed by atoms with Crippen molar-refractivity contribution in [1.82, 2.24) is 15.1 Å². The van der Waals surface area contributed by atoms with Gasteiger partial charge in [0.2, 0.25) is 0 Å². The predicted molar refractivity (Wildman–Crippen MR) is 52.4 cm³/mol. The maximum Gasteiger partial charge on any atom is 0.356 e. The number of carboxylic acids is 1. The van der Waals surface area contributed by atoms with Crippen LogP contribution in [0.1, 0.15) is 23.1 Å². The summed E-state index contributed by atoms with van der Waals surface area (Å²) in [5, 5.41) is 15.3. The van der Waals surface area contributed by atoms with Crippen LogP contribution in [0.5, 0.6) is 0 Å². The van der Waals surface area contributed by atoms with Gasteiger partial charge in [-0.2, -0.15) is 5.10 Å². The van der Waals surface area contributed by atoms with E-state index in [1.54, 1.807) is 7.05 Å². The molecule has 0 fully saturated rings. The smallest absolute Gasteiger partial charge is 0.356 e. The van der Waals surface area contributed by atoms with Crippen LogP contribution in [-0.4, -0.2) is 33.6 Å². The SMILES string of the molecule is CC(F)CNCc1cc(C(=O)O)nn1C. The third-order valence-electron chi connectivity index (χ3n) is 1.93. The molecule has 15 heavy (non-hydrogen) atoms. The van der Waals surface area contributed by atoms with Crippen LogP contribution in [0, 0.1) is 0 Å². The molecule has 1 aromatic heterocycles. The van der Waals surface area contributed by atoms with Gasteiger partial charge in [0, 0.05) is 20.1 Å². The van der Waals surface area contributed by atoms with Gasteiger partial charge in [-0.15, -0.1) is 0 Å². The molecule has 1 rings (SSSR count). The first-order valence-electron chi connectivity index (χ1n) is 4.61. The second-order valence-electron chi connectivity index (χ2n) is 3.36. The summed E-state index contributed by atoms with van der Waals surface area (Å²) >= 11 is 0. The van der Waals surface area contributed by atoms with E-state index in [2.05, 4.69) is 10.4 Å². The lowest BCUT2D eigenvalue weighted by atomic mass is 10.3. The number of alkyl halides is 1. The standard InChI is InChI=1S/C9H14FN3O2/c1-6(10)4-11-5-7-3-8(9(14)15)12-13(7)2/h3,6,11H,4-5H2,1-2H3,(H,14,15). The van der Waals surface area contributed by atoms with Gasteiger partial charge in [0.25, 0.3) is 0 Å². The Kier molecular flexibility index (Phi) is 3.79. The summed E-state index contributed by atoms with van der Waals surface area (Å²) in [7, 11) is 1.66. The summed E-state index contributed by atoms with van der Waals surface area (Å²) in [6.45, 7) is 2.11. The molecule has 5 nitrogen and oxygen atoms in total. The van der Waals surface area contributed by atoms with Crippen molar-refractivity contribution in [2.45, 2.75) is 19.6 Å². The van der Waals surface area contributed by atoms with E-state index in [0.717, 1.165) is 0 Å². The molecule has 0 aliphatic heterocycles. The van der Waals surface area contributed by atoms with Gasteiger partial charge in [-0.3, -0.25) is 4.68 Å². The lowest BCUT2D eigenvalue weighted by Gasteiger charge is -2.04. The zero-order valence-electron chi connectivity index (χ0n) is 8.70. The molecule has 0 aliphatic carbocycles. The van der Waals surface area contributed by atoms with Crippen LogP contribution in [0.2, 0.25) is 0 Å². The molecule has 0 aromatic carbocycles. The molecule has 0 aliphatic rings. The van der Waals surface area contributed by atoms with Crippen LogP contribution < -0.4 is 5.32 Å². The van der Waals surface area contributed by atoms with Crippen molar-refractivity contribution >= 4 is 5.97 Å². The van der Waals surface area contributed by atoms with E-state index in [0.29, 0.717) is 12.2 Å². The van der Waals surface area contributed by atoms with Gasteiger partial charge in [0.15, 0.2) is 5.69 Å². The van der Waals surface area contributed by atoms with E-state index >= 15 is 0 Å². The lowest BCUT2D eigenvalue weighted by Crippen LogP contribution is -2.22. The molecular weight excluding hydrogens is 201 g/mol. The minimum absolute atomic E-state index is 0.00240. The Balaban J connectivity index is 2.57. The Morgan fingerprint density at radius 3 is 2.93 bits per heavy atom. The fourth-order valence-electron chi connectivity index (χ4n) is 1.18. The Hall–Kier alpha value is -1.43. The first-order valence-corrected chi connectivity index (χ1v) is 4.61. The maximum absolute atomic E-state index is 12.5. The van der Waals surface area contributed by atoms with Gasteiger partial charge in [0.05, 0.1) is 5.69 Å². The fourth-order valence-corrected chi connectivity index (χ4v) is 1.18. The molecule has 1 unspecified atom stereocenters. The second kappa shape index (κ2) is 4.88. The summed E-state index contributed by atoms with van der Waals surface area (Å²) in [4.78, 5) is 10.6. The highest BCUT2D eigenvalue weighted by Crippen LogP contribution is 2.02. The van der Waals surface area contributed by atoms with Crippen molar-refractivity contribution in [2.75, 3.05) is 6.54 Å². The number of nitrogens with one attached hydrogen (secondary N) is 1. The normalized spacial score (nSPS) is 12.7. The molecule has 0 amide bonds. The summed E-state index contributed by atoms with van der Waals surface area (Å²) < 4.78 is 13.9. The highest BCUT2D eigenvalue weighted by molar-refractivity contribution is 5.85. The summed E-state index contributed by atoms with van der Waals surface area (Å²) in [5.74, 6) is -1.06. The van der Waals surface area contributed by atoms with Crippen LogP contribution in [0.25, 0.3) is 0 Å². The Bertz CT molecular complexity index is 349. The molecule has 0 spiro atoms. The van der Waals surface area contributed by atoms with Gasteiger partial charge in [0.1, 0.15) is 6.17 Å². The van der Waals surface area contributed by atoms with Gasteiger partial charge >= 0.3 is 5.97 Å². The summed E-state index contributed by atoms with van der Waals surface area (Å²) in [6, 6.07) is 1.47. The van der Waals surface area contributed by atoms with Crippen LogP contribution in [0.4, 0.5) is 4.39 Å². The molecule has 6 heteroatoms. The number of carboxylic acid groups (broad SMARTS) is 1. The molecular formula is C9H14FN3O2. The van der Waals surface area contributed by atoms with Crippen LogP contribution in [-0.2, 0) is 13.6 Å². The quantitative estimate of drug-likeness (QED) is 0.753. The Morgan fingerprint density at radius 2 is 2.47 bits per heavy atom. The Labute approximate surface area is 86.9 Å². The number of hydrogen-bond donors (Lipinski definition) is 2. The average Bonchev–Trinajstić information content (AvgIpc) is 2.47. The van der Waals surface area contributed by atoms with Crippen molar-refractivity contribution in [3.63, 3.8) is 0 Å². The number of aromatic nitrogens is 2. The van der Waals surface area contributed by atoms with Crippen LogP contribution >= 0.6 is 0 Å². The number of carbonyl (C=O) groups is 1. The number of halogens is 1. The van der Waals surface area contributed by atoms with Crippen LogP contribution in [0.3, 0.4) is 0 Å². The molecule has 1 atom stereocenters. The third kappa shape index (κ3) is 3.32. The topological polar surface area (TPSA) is 67.2 Å². The summed E-state index contributed by atoms with van der Waals surface area (Å²) in [5.41, 5.74) is 0.718. The third-order valence-corrected chi connectivity index (χ3v) is 1.93. The van der Waals surface area contributed by atoms with Crippen molar-refractivity contribution in [3.8, 4) is 0 Å². The van der Waals surface area contributed by atoms with Crippen molar-refractivity contribution in [1.29, 1.82) is 0 Å². The van der Waals surface area contributed by atoms with Crippen molar-refractivity contribution < 1.29 is 14.3 Å². The summed E-state index contributed by atoms with van der Waals surface area (Å²) in [6.07, 6.45) is -0.919. The number of aryl methyl sites for hydroxylation is 1. The van der Waals surface area contributed by atoms with E-state index in [1.807, 2.05) is 0 Å². The molecule has 0 bridgehead atoms. The number of rotatable bonds is 5. The van der Waals surface area contributed by atoms with Crippen molar-refractivity contribution in [3.05, 3.63) is 17.5 Å². The maximum atomic E-state index is 12.5.